The van der Waals surface area contributed by atoms with E-state index >= 15 is 0 Å². The lowest BCUT2D eigenvalue weighted by Gasteiger charge is -2.17. The van der Waals surface area contributed by atoms with Crippen LogP contribution in [-0.2, 0) is 19.1 Å². The molecule has 0 aromatic rings. The topological polar surface area (TPSA) is 84.9 Å². The van der Waals surface area contributed by atoms with Crippen molar-refractivity contribution in [1.82, 2.24) is 5.32 Å². The van der Waals surface area contributed by atoms with Crippen LogP contribution in [0, 0.1) is 0 Å². The molecule has 1 atom stereocenters. The molecule has 6 heteroatoms. The van der Waals surface area contributed by atoms with E-state index in [4.69, 9.17) is 9.47 Å². The minimum Gasteiger partial charge on any atom is -0.462 e. The minimum atomic E-state index is -0.726. The molecule has 6 nitrogen and oxygen atoms in total. The number of aliphatic hydroxyl groups is 1. The van der Waals surface area contributed by atoms with Gasteiger partial charge >= 0.3 is 11.9 Å². The highest BCUT2D eigenvalue weighted by Crippen LogP contribution is 2.16. The third-order valence-corrected chi connectivity index (χ3v) is 2.73. The summed E-state index contributed by atoms with van der Waals surface area (Å²) in [6, 6.07) is 0. The first-order valence-electron chi connectivity index (χ1n) is 6.78. The number of hydrogen-bond donors (Lipinski definition) is 2. The van der Waals surface area contributed by atoms with Crippen LogP contribution in [0.5, 0.6) is 0 Å². The van der Waals surface area contributed by atoms with Crippen molar-refractivity contribution in [1.29, 1.82) is 0 Å². The van der Waals surface area contributed by atoms with E-state index in [2.05, 4.69) is 5.32 Å². The molecule has 1 aliphatic rings. The second-order valence-electron chi connectivity index (χ2n) is 4.29. The first kappa shape index (κ1) is 16.2. The Labute approximate surface area is 118 Å². The van der Waals surface area contributed by atoms with Crippen LogP contribution in [0.1, 0.15) is 33.1 Å². The van der Waals surface area contributed by atoms with E-state index in [1.165, 1.54) is 6.20 Å². The average molecular weight is 283 g/mol. The maximum Gasteiger partial charge on any atom is 0.347 e. The molecule has 1 aliphatic carbocycles. The molecule has 0 aromatic heterocycles. The number of hydrogen-bond acceptors (Lipinski definition) is 6. The maximum absolute atomic E-state index is 11.7. The van der Waals surface area contributed by atoms with E-state index in [0.29, 0.717) is 0 Å². The Bertz CT molecular complexity index is 394. The number of aliphatic hydroxyl groups excluding tert-OH is 1. The Kier molecular flexibility index (Phi) is 6.79. The normalized spacial score (nSPS) is 17.8. The van der Waals surface area contributed by atoms with Gasteiger partial charge in [-0.3, -0.25) is 0 Å². The fraction of sp³-hybridized carbons (Fsp3) is 0.571. The maximum atomic E-state index is 11.7. The Morgan fingerprint density at radius 1 is 1.35 bits per heavy atom. The van der Waals surface area contributed by atoms with Crippen molar-refractivity contribution in [3.8, 4) is 0 Å². The lowest BCUT2D eigenvalue weighted by molar-refractivity contribution is -0.146. The molecule has 0 bridgehead atoms. The second-order valence-corrected chi connectivity index (χ2v) is 4.29. The third-order valence-electron chi connectivity index (χ3n) is 2.73. The number of rotatable bonds is 6. The number of nitrogens with one attached hydrogen (secondary N) is 1. The van der Waals surface area contributed by atoms with Gasteiger partial charge in [0.2, 0.25) is 0 Å². The molecular weight excluding hydrogens is 262 g/mol. The van der Waals surface area contributed by atoms with Crippen molar-refractivity contribution in [2.75, 3.05) is 13.2 Å². The Morgan fingerprint density at radius 2 is 1.95 bits per heavy atom. The zero-order valence-corrected chi connectivity index (χ0v) is 11.8. The van der Waals surface area contributed by atoms with E-state index in [0.717, 1.165) is 25.0 Å². The fourth-order valence-electron chi connectivity index (χ4n) is 1.80. The molecular formula is C14H21NO5. The van der Waals surface area contributed by atoms with Crippen LogP contribution in [-0.4, -0.2) is 36.4 Å². The van der Waals surface area contributed by atoms with Gasteiger partial charge in [0.15, 0.2) is 5.57 Å². The van der Waals surface area contributed by atoms with Crippen molar-refractivity contribution in [2.45, 2.75) is 39.2 Å². The first-order chi connectivity index (χ1) is 9.58. The zero-order chi connectivity index (χ0) is 15.0. The van der Waals surface area contributed by atoms with Crippen molar-refractivity contribution >= 4 is 11.9 Å². The van der Waals surface area contributed by atoms with Gasteiger partial charge in [-0.05, 0) is 39.2 Å². The van der Waals surface area contributed by atoms with E-state index in [1.807, 2.05) is 0 Å². The molecule has 0 amide bonds. The standard InChI is InChI=1S/C14H21NO5/c1-3-19-13(17)12(14(18)20-4-2)9-15-10-6-5-7-11(16)8-10/h8-9,11,15-16H,3-7H2,1-2H3. The average Bonchev–Trinajstić information content (AvgIpc) is 2.39. The smallest absolute Gasteiger partial charge is 0.347 e. The molecule has 0 spiro atoms. The molecule has 112 valence electrons. The van der Waals surface area contributed by atoms with Gasteiger partial charge in [-0.25, -0.2) is 9.59 Å². The Morgan fingerprint density at radius 3 is 2.45 bits per heavy atom. The third kappa shape index (κ3) is 5.05. The Balaban J connectivity index is 2.78. The van der Waals surface area contributed by atoms with Crippen LogP contribution in [0.2, 0.25) is 0 Å². The molecule has 0 aromatic carbocycles. The van der Waals surface area contributed by atoms with Crippen molar-refractivity contribution in [2.24, 2.45) is 0 Å². The van der Waals surface area contributed by atoms with Crippen LogP contribution in [0.4, 0.5) is 0 Å². The van der Waals surface area contributed by atoms with E-state index in [9.17, 15) is 14.7 Å². The van der Waals surface area contributed by atoms with Crippen LogP contribution in [0.25, 0.3) is 0 Å². The summed E-state index contributed by atoms with van der Waals surface area (Å²) in [6.07, 6.45) is 4.79. The summed E-state index contributed by atoms with van der Waals surface area (Å²) in [5.41, 5.74) is 0.588. The molecule has 0 aliphatic heterocycles. The number of carbonyl (C=O) groups is 2. The number of esters is 2. The molecule has 20 heavy (non-hydrogen) atoms. The summed E-state index contributed by atoms with van der Waals surface area (Å²) in [6.45, 7) is 3.68. The van der Waals surface area contributed by atoms with Crippen molar-refractivity contribution < 1.29 is 24.2 Å². The van der Waals surface area contributed by atoms with Gasteiger partial charge in [0.1, 0.15) is 0 Å². The van der Waals surface area contributed by atoms with Gasteiger partial charge in [-0.2, -0.15) is 0 Å². The monoisotopic (exact) mass is 283 g/mol. The summed E-state index contributed by atoms with van der Waals surface area (Å²) in [7, 11) is 0. The number of ether oxygens (including phenoxy) is 2. The van der Waals surface area contributed by atoms with Gasteiger partial charge in [-0.1, -0.05) is 0 Å². The molecule has 0 radical (unpaired) electrons. The molecule has 0 saturated heterocycles. The highest BCUT2D eigenvalue weighted by atomic mass is 16.6. The molecule has 1 unspecified atom stereocenters. The van der Waals surface area contributed by atoms with Gasteiger partial charge in [0.05, 0.1) is 19.3 Å². The second kappa shape index (κ2) is 8.37. The lowest BCUT2D eigenvalue weighted by atomic mass is 10.0. The van der Waals surface area contributed by atoms with Crippen molar-refractivity contribution in [3.63, 3.8) is 0 Å². The van der Waals surface area contributed by atoms with Gasteiger partial charge in [0.25, 0.3) is 0 Å². The van der Waals surface area contributed by atoms with E-state index in [1.54, 1.807) is 19.9 Å². The zero-order valence-electron chi connectivity index (χ0n) is 11.8. The highest BCUT2D eigenvalue weighted by molar-refractivity contribution is 6.13. The van der Waals surface area contributed by atoms with Crippen LogP contribution in [0.3, 0.4) is 0 Å². The van der Waals surface area contributed by atoms with E-state index < -0.39 is 18.0 Å². The van der Waals surface area contributed by atoms with Crippen LogP contribution in [0.15, 0.2) is 23.5 Å². The van der Waals surface area contributed by atoms with E-state index in [-0.39, 0.29) is 18.8 Å². The molecule has 2 N–H and O–H groups in total. The van der Waals surface area contributed by atoms with Gasteiger partial charge in [0, 0.05) is 11.9 Å². The summed E-state index contributed by atoms with van der Waals surface area (Å²) >= 11 is 0. The quantitative estimate of drug-likeness (QED) is 0.327. The molecule has 0 heterocycles. The summed E-state index contributed by atoms with van der Waals surface area (Å²) in [5.74, 6) is -1.45. The molecule has 0 fully saturated rings. The molecule has 1 rings (SSSR count). The van der Waals surface area contributed by atoms with Crippen molar-refractivity contribution in [3.05, 3.63) is 23.5 Å². The highest BCUT2D eigenvalue weighted by Gasteiger charge is 2.21. The lowest BCUT2D eigenvalue weighted by Crippen LogP contribution is -2.22. The SMILES string of the molecule is CCOC(=O)C(=CNC1=CC(O)CCC1)C(=O)OCC. The number of carbonyl (C=O) groups excluding carboxylic acids is 2. The van der Waals surface area contributed by atoms with Gasteiger partial charge < -0.3 is 19.9 Å². The summed E-state index contributed by atoms with van der Waals surface area (Å²) in [4.78, 5) is 23.4. The predicted octanol–water partition coefficient (Wildman–Crippen LogP) is 1.01. The fourth-order valence-corrected chi connectivity index (χ4v) is 1.80. The Hall–Kier alpha value is -1.82. The van der Waals surface area contributed by atoms with Crippen LogP contribution < -0.4 is 5.32 Å². The largest absolute Gasteiger partial charge is 0.462 e. The first-order valence-corrected chi connectivity index (χ1v) is 6.78. The predicted molar refractivity (Wildman–Crippen MR) is 72.4 cm³/mol. The summed E-state index contributed by atoms with van der Waals surface area (Å²) in [5, 5.41) is 12.4. The molecule has 0 saturated carbocycles. The minimum absolute atomic E-state index is 0.178. The van der Waals surface area contributed by atoms with Gasteiger partial charge in [-0.15, -0.1) is 0 Å². The number of allylic oxidation sites excluding steroid dienone is 1. The van der Waals surface area contributed by atoms with Crippen LogP contribution >= 0.6 is 0 Å². The summed E-state index contributed by atoms with van der Waals surface area (Å²) < 4.78 is 9.63.